The maximum Gasteiger partial charge on any atom is 0.230 e. The molecular formula is C19H20FNO2S. The minimum Gasteiger partial charge on any atom is -0.492 e. The molecule has 0 saturated heterocycles. The number of rotatable bonds is 7. The average Bonchev–Trinajstić information content (AvgIpc) is 3.06. The molecule has 0 radical (unpaired) electrons. The molecule has 1 aliphatic carbocycles. The van der Waals surface area contributed by atoms with Crippen LogP contribution in [0.3, 0.4) is 0 Å². The number of aryl methyl sites for hydroxylation is 2. The number of thioether (sulfide) groups is 1. The predicted octanol–water partition coefficient (Wildman–Crippen LogP) is 3.60. The number of benzene rings is 2. The number of carbonyl (C=O) groups is 1. The number of halogens is 1. The van der Waals surface area contributed by atoms with Crippen molar-refractivity contribution in [2.24, 2.45) is 0 Å². The standard InChI is InChI=1S/C19H20FNO2S/c20-16-5-7-17(8-6-16)23-11-10-21-19(22)13-24-18-9-4-14-2-1-3-15(14)12-18/h4-9,12H,1-3,10-11,13H2,(H,21,22). The van der Waals surface area contributed by atoms with E-state index in [1.807, 2.05) is 0 Å². The zero-order valence-electron chi connectivity index (χ0n) is 13.4. The van der Waals surface area contributed by atoms with Crippen LogP contribution in [-0.2, 0) is 17.6 Å². The summed E-state index contributed by atoms with van der Waals surface area (Å²) in [6.07, 6.45) is 3.56. The lowest BCUT2D eigenvalue weighted by Gasteiger charge is -2.08. The fraction of sp³-hybridized carbons (Fsp3) is 0.316. The van der Waals surface area contributed by atoms with Crippen molar-refractivity contribution in [1.29, 1.82) is 0 Å². The predicted molar refractivity (Wildman–Crippen MR) is 94.1 cm³/mol. The summed E-state index contributed by atoms with van der Waals surface area (Å²) in [5.41, 5.74) is 2.87. The van der Waals surface area contributed by atoms with Crippen molar-refractivity contribution in [2.45, 2.75) is 24.2 Å². The van der Waals surface area contributed by atoms with Crippen molar-refractivity contribution in [2.75, 3.05) is 18.9 Å². The molecule has 0 fully saturated rings. The molecule has 0 atom stereocenters. The van der Waals surface area contributed by atoms with Gasteiger partial charge < -0.3 is 10.1 Å². The molecule has 1 N–H and O–H groups in total. The molecule has 0 heterocycles. The van der Waals surface area contributed by atoms with Crippen LogP contribution in [-0.4, -0.2) is 24.8 Å². The van der Waals surface area contributed by atoms with E-state index in [1.165, 1.54) is 36.1 Å². The first kappa shape index (κ1) is 16.8. The van der Waals surface area contributed by atoms with Crippen molar-refractivity contribution in [3.05, 3.63) is 59.4 Å². The van der Waals surface area contributed by atoms with Gasteiger partial charge in [-0.3, -0.25) is 4.79 Å². The van der Waals surface area contributed by atoms with Gasteiger partial charge in [0.25, 0.3) is 0 Å². The second-order valence-corrected chi connectivity index (χ2v) is 6.77. The summed E-state index contributed by atoms with van der Waals surface area (Å²) >= 11 is 1.56. The largest absolute Gasteiger partial charge is 0.492 e. The molecule has 0 aromatic heterocycles. The van der Waals surface area contributed by atoms with Gasteiger partial charge in [0.2, 0.25) is 5.91 Å². The van der Waals surface area contributed by atoms with Gasteiger partial charge in [0, 0.05) is 4.90 Å². The van der Waals surface area contributed by atoms with E-state index < -0.39 is 0 Å². The molecule has 3 rings (SSSR count). The second-order valence-electron chi connectivity index (χ2n) is 5.73. The molecule has 0 bridgehead atoms. The van der Waals surface area contributed by atoms with Crippen LogP contribution in [0.2, 0.25) is 0 Å². The maximum atomic E-state index is 12.8. The third-order valence-electron chi connectivity index (χ3n) is 3.95. The van der Waals surface area contributed by atoms with Crippen molar-refractivity contribution in [3.63, 3.8) is 0 Å². The van der Waals surface area contributed by atoms with E-state index in [9.17, 15) is 9.18 Å². The van der Waals surface area contributed by atoms with Crippen molar-refractivity contribution < 1.29 is 13.9 Å². The van der Waals surface area contributed by atoms with Gasteiger partial charge in [-0.15, -0.1) is 11.8 Å². The third kappa shape index (κ3) is 4.74. The van der Waals surface area contributed by atoms with Gasteiger partial charge in [-0.1, -0.05) is 6.07 Å². The summed E-state index contributed by atoms with van der Waals surface area (Å²) in [5, 5.41) is 2.83. The molecule has 0 aliphatic heterocycles. The lowest BCUT2D eigenvalue weighted by molar-refractivity contribution is -0.118. The maximum absolute atomic E-state index is 12.8. The lowest BCUT2D eigenvalue weighted by atomic mass is 10.1. The van der Waals surface area contributed by atoms with Gasteiger partial charge in [-0.25, -0.2) is 4.39 Å². The summed E-state index contributed by atoms with van der Waals surface area (Å²) in [7, 11) is 0. The highest BCUT2D eigenvalue weighted by Gasteiger charge is 2.11. The van der Waals surface area contributed by atoms with Crippen LogP contribution < -0.4 is 10.1 Å². The van der Waals surface area contributed by atoms with Crippen LogP contribution in [0.1, 0.15) is 17.5 Å². The summed E-state index contributed by atoms with van der Waals surface area (Å²) in [5.74, 6) is 0.690. The number of ether oxygens (including phenoxy) is 1. The Morgan fingerprint density at radius 3 is 2.75 bits per heavy atom. The minimum atomic E-state index is -0.292. The lowest BCUT2D eigenvalue weighted by Crippen LogP contribution is -2.29. The van der Waals surface area contributed by atoms with E-state index >= 15 is 0 Å². The quantitative estimate of drug-likeness (QED) is 0.615. The molecular weight excluding hydrogens is 325 g/mol. The van der Waals surface area contributed by atoms with E-state index in [0.717, 1.165) is 11.3 Å². The molecule has 0 saturated carbocycles. The molecule has 1 amide bonds. The zero-order valence-corrected chi connectivity index (χ0v) is 14.2. The van der Waals surface area contributed by atoms with Gasteiger partial charge in [-0.2, -0.15) is 0 Å². The molecule has 0 spiro atoms. The van der Waals surface area contributed by atoms with Crippen LogP contribution in [0.25, 0.3) is 0 Å². The van der Waals surface area contributed by atoms with Crippen molar-refractivity contribution >= 4 is 17.7 Å². The number of hydrogen-bond acceptors (Lipinski definition) is 3. The third-order valence-corrected chi connectivity index (χ3v) is 4.94. The summed E-state index contributed by atoms with van der Waals surface area (Å²) in [6.45, 7) is 0.793. The highest BCUT2D eigenvalue weighted by molar-refractivity contribution is 8.00. The van der Waals surface area contributed by atoms with E-state index in [1.54, 1.807) is 23.9 Å². The Kier molecular flexibility index (Phi) is 5.75. The average molecular weight is 345 g/mol. The minimum absolute atomic E-state index is 0.0109. The van der Waals surface area contributed by atoms with Crippen molar-refractivity contribution in [1.82, 2.24) is 5.32 Å². The molecule has 2 aromatic carbocycles. The van der Waals surface area contributed by atoms with Crippen molar-refractivity contribution in [3.8, 4) is 5.75 Å². The van der Waals surface area contributed by atoms with Crippen LogP contribution in [0.4, 0.5) is 4.39 Å². The number of nitrogens with one attached hydrogen (secondary N) is 1. The number of carbonyl (C=O) groups excluding carboxylic acids is 1. The van der Waals surface area contributed by atoms with Crippen LogP contribution in [0.15, 0.2) is 47.4 Å². The number of amides is 1. The first-order valence-electron chi connectivity index (χ1n) is 8.10. The Morgan fingerprint density at radius 1 is 1.12 bits per heavy atom. The first-order chi connectivity index (χ1) is 11.7. The molecule has 1 aliphatic rings. The fourth-order valence-corrected chi connectivity index (χ4v) is 3.52. The van der Waals surface area contributed by atoms with Gasteiger partial charge in [0.05, 0.1) is 12.3 Å². The summed E-state index contributed by atoms with van der Waals surface area (Å²) in [6, 6.07) is 12.3. The van der Waals surface area contributed by atoms with Gasteiger partial charge in [0.15, 0.2) is 0 Å². The molecule has 24 heavy (non-hydrogen) atoms. The van der Waals surface area contributed by atoms with E-state index in [-0.39, 0.29) is 11.7 Å². The smallest absolute Gasteiger partial charge is 0.230 e. The van der Waals surface area contributed by atoms with E-state index in [0.29, 0.717) is 24.7 Å². The number of fused-ring (bicyclic) bond motifs is 1. The summed E-state index contributed by atoms with van der Waals surface area (Å²) in [4.78, 5) is 13.0. The second kappa shape index (κ2) is 8.20. The van der Waals surface area contributed by atoms with Gasteiger partial charge in [0.1, 0.15) is 18.2 Å². The Morgan fingerprint density at radius 2 is 1.92 bits per heavy atom. The normalized spacial score (nSPS) is 12.7. The Balaban J connectivity index is 1.34. The Labute approximate surface area is 145 Å². The SMILES string of the molecule is O=C(CSc1ccc2c(c1)CCC2)NCCOc1ccc(F)cc1. The zero-order chi connectivity index (χ0) is 16.8. The Bertz CT molecular complexity index is 703. The molecule has 0 unspecified atom stereocenters. The van der Waals surface area contributed by atoms with Gasteiger partial charge in [-0.05, 0) is 66.8 Å². The Hall–Kier alpha value is -2.01. The summed E-state index contributed by atoms with van der Waals surface area (Å²) < 4.78 is 18.2. The monoisotopic (exact) mass is 345 g/mol. The highest BCUT2D eigenvalue weighted by atomic mass is 32.2. The molecule has 2 aromatic rings. The van der Waals surface area contributed by atoms with Crippen LogP contribution in [0.5, 0.6) is 5.75 Å². The van der Waals surface area contributed by atoms with Gasteiger partial charge >= 0.3 is 0 Å². The first-order valence-corrected chi connectivity index (χ1v) is 9.09. The van der Waals surface area contributed by atoms with E-state index in [2.05, 4.69) is 23.5 Å². The van der Waals surface area contributed by atoms with E-state index in [4.69, 9.17) is 4.74 Å². The molecule has 126 valence electrons. The molecule has 3 nitrogen and oxygen atoms in total. The molecule has 5 heteroatoms. The number of hydrogen-bond donors (Lipinski definition) is 1. The topological polar surface area (TPSA) is 38.3 Å². The van der Waals surface area contributed by atoms with Crippen LogP contribution >= 0.6 is 11.8 Å². The van der Waals surface area contributed by atoms with Crippen LogP contribution in [0, 0.1) is 5.82 Å². The highest BCUT2D eigenvalue weighted by Crippen LogP contribution is 2.27. The fourth-order valence-electron chi connectivity index (χ4n) is 2.73.